The van der Waals surface area contributed by atoms with Crippen LogP contribution in [-0.2, 0) is 9.59 Å². The van der Waals surface area contributed by atoms with Crippen molar-refractivity contribution in [2.24, 2.45) is 11.8 Å². The Morgan fingerprint density at radius 3 is 2.32 bits per heavy atom. The number of rotatable bonds is 6. The zero-order valence-electron chi connectivity index (χ0n) is 19.1. The number of amides is 2. The zero-order chi connectivity index (χ0) is 21.6. The summed E-state index contributed by atoms with van der Waals surface area (Å²) < 4.78 is 5.37. The highest BCUT2D eigenvalue weighted by Crippen LogP contribution is 2.35. The zero-order valence-corrected chi connectivity index (χ0v) is 19.1. The van der Waals surface area contributed by atoms with Crippen LogP contribution in [0.5, 0.6) is 5.75 Å². The van der Waals surface area contributed by atoms with Crippen molar-refractivity contribution in [3.8, 4) is 5.75 Å². The maximum atomic E-state index is 13.1. The number of nitrogens with zero attached hydrogens (tertiary/aromatic N) is 2. The number of ether oxygens (including phenoxy) is 1. The van der Waals surface area contributed by atoms with Crippen molar-refractivity contribution >= 4 is 11.8 Å². The number of methoxy groups -OCH3 is 1. The number of likely N-dealkylation sites (tertiary alicyclic amines) is 2. The van der Waals surface area contributed by atoms with E-state index < -0.39 is 0 Å². The van der Waals surface area contributed by atoms with E-state index in [9.17, 15) is 9.59 Å². The molecular formula is C26H38N2O3. The number of benzene rings is 1. The maximum Gasteiger partial charge on any atom is 0.223 e. The van der Waals surface area contributed by atoms with E-state index >= 15 is 0 Å². The molecule has 3 fully saturated rings. The van der Waals surface area contributed by atoms with Crippen LogP contribution < -0.4 is 4.74 Å². The maximum absolute atomic E-state index is 13.1. The highest BCUT2D eigenvalue weighted by Gasteiger charge is 2.33. The van der Waals surface area contributed by atoms with E-state index in [1.165, 1.54) is 37.7 Å². The molecule has 5 nitrogen and oxygen atoms in total. The first-order valence-electron chi connectivity index (χ1n) is 12.3. The first-order valence-corrected chi connectivity index (χ1v) is 12.3. The van der Waals surface area contributed by atoms with Crippen LogP contribution in [0.4, 0.5) is 0 Å². The van der Waals surface area contributed by atoms with Crippen molar-refractivity contribution < 1.29 is 14.3 Å². The van der Waals surface area contributed by atoms with Crippen molar-refractivity contribution in [1.82, 2.24) is 9.80 Å². The Bertz CT molecular complexity index is 751. The summed E-state index contributed by atoms with van der Waals surface area (Å²) in [6, 6.07) is 8.30. The Morgan fingerprint density at radius 1 is 0.871 bits per heavy atom. The third-order valence-electron chi connectivity index (χ3n) is 7.67. The van der Waals surface area contributed by atoms with E-state index in [4.69, 9.17) is 4.74 Å². The molecule has 31 heavy (non-hydrogen) atoms. The number of carbonyl (C=O) groups is 2. The fourth-order valence-electron chi connectivity index (χ4n) is 5.78. The molecular weight excluding hydrogens is 388 g/mol. The van der Waals surface area contributed by atoms with Crippen LogP contribution in [0, 0.1) is 11.8 Å². The van der Waals surface area contributed by atoms with Gasteiger partial charge in [-0.05, 0) is 68.1 Å². The fourth-order valence-corrected chi connectivity index (χ4v) is 5.78. The minimum Gasteiger partial charge on any atom is -0.497 e. The van der Waals surface area contributed by atoms with Gasteiger partial charge in [0.05, 0.1) is 13.2 Å². The highest BCUT2D eigenvalue weighted by molar-refractivity contribution is 5.78. The van der Waals surface area contributed by atoms with Gasteiger partial charge in [-0.25, -0.2) is 0 Å². The molecule has 1 aromatic rings. The Morgan fingerprint density at radius 2 is 1.58 bits per heavy atom. The molecule has 170 valence electrons. The summed E-state index contributed by atoms with van der Waals surface area (Å²) in [7, 11) is 1.68. The van der Waals surface area contributed by atoms with Crippen molar-refractivity contribution in [2.75, 3.05) is 26.7 Å². The molecule has 2 saturated heterocycles. The topological polar surface area (TPSA) is 49.9 Å². The molecule has 0 bridgehead atoms. The Hall–Kier alpha value is -2.04. The van der Waals surface area contributed by atoms with E-state index in [2.05, 4.69) is 21.9 Å². The van der Waals surface area contributed by atoms with Gasteiger partial charge in [-0.3, -0.25) is 9.59 Å². The molecule has 1 aromatic carbocycles. The summed E-state index contributed by atoms with van der Waals surface area (Å²) in [5, 5.41) is 0. The smallest absolute Gasteiger partial charge is 0.223 e. The van der Waals surface area contributed by atoms with E-state index in [0.717, 1.165) is 57.5 Å². The second-order valence-corrected chi connectivity index (χ2v) is 9.76. The minimum absolute atomic E-state index is 0.166. The first kappa shape index (κ1) is 22.2. The molecule has 0 N–H and O–H groups in total. The van der Waals surface area contributed by atoms with Crippen LogP contribution in [0.1, 0.15) is 82.2 Å². The molecule has 5 heteroatoms. The Labute approximate surface area is 187 Å². The molecule has 0 unspecified atom stereocenters. The summed E-state index contributed by atoms with van der Waals surface area (Å²) in [6.07, 6.45) is 11.7. The van der Waals surface area contributed by atoms with Crippen molar-refractivity contribution in [1.29, 1.82) is 0 Å². The summed E-state index contributed by atoms with van der Waals surface area (Å²) in [5.74, 6) is 2.47. The lowest BCUT2D eigenvalue weighted by Crippen LogP contribution is -2.41. The van der Waals surface area contributed by atoms with E-state index in [1.807, 2.05) is 12.1 Å². The average molecular weight is 427 g/mol. The van der Waals surface area contributed by atoms with Gasteiger partial charge in [0.25, 0.3) is 0 Å². The monoisotopic (exact) mass is 426 g/mol. The van der Waals surface area contributed by atoms with Gasteiger partial charge in [0.15, 0.2) is 0 Å². The van der Waals surface area contributed by atoms with Gasteiger partial charge in [-0.2, -0.15) is 0 Å². The molecule has 4 rings (SSSR count). The number of piperidine rings is 1. The third-order valence-corrected chi connectivity index (χ3v) is 7.67. The van der Waals surface area contributed by atoms with E-state index in [0.29, 0.717) is 24.2 Å². The van der Waals surface area contributed by atoms with Gasteiger partial charge >= 0.3 is 0 Å². The molecule has 2 amide bonds. The lowest BCUT2D eigenvalue weighted by molar-refractivity contribution is -0.135. The van der Waals surface area contributed by atoms with Crippen LogP contribution in [0.3, 0.4) is 0 Å². The third kappa shape index (κ3) is 5.61. The van der Waals surface area contributed by atoms with Gasteiger partial charge in [0.2, 0.25) is 11.8 Å². The number of hydrogen-bond acceptors (Lipinski definition) is 3. The van der Waals surface area contributed by atoms with Gasteiger partial charge in [-0.1, -0.05) is 31.4 Å². The van der Waals surface area contributed by atoms with Crippen molar-refractivity contribution in [2.45, 2.75) is 76.7 Å². The summed E-state index contributed by atoms with van der Waals surface area (Å²) in [4.78, 5) is 30.0. The molecule has 1 saturated carbocycles. The van der Waals surface area contributed by atoms with Gasteiger partial charge in [-0.15, -0.1) is 0 Å². The molecule has 3 aliphatic rings. The summed E-state index contributed by atoms with van der Waals surface area (Å²) in [6.45, 7) is 2.49. The van der Waals surface area contributed by atoms with Gasteiger partial charge in [0, 0.05) is 32.5 Å². The van der Waals surface area contributed by atoms with E-state index in [1.54, 1.807) is 7.11 Å². The molecule has 0 spiro atoms. The lowest BCUT2D eigenvalue weighted by Gasteiger charge is -2.34. The number of hydrogen-bond donors (Lipinski definition) is 0. The first-order chi connectivity index (χ1) is 15.1. The van der Waals surface area contributed by atoms with Crippen LogP contribution in [0.15, 0.2) is 24.3 Å². The standard InChI is InChI=1S/C26H38N2O3/c1-31-23-10-5-9-22(19-23)24-11-6-14-28(24)26(30)18-21-12-15-27(16-13-21)25(29)17-20-7-3-2-4-8-20/h5,9-10,19-21,24H,2-4,6-8,11-18H2,1H3/t24-/m1/s1. The van der Waals surface area contributed by atoms with Crippen LogP contribution in [-0.4, -0.2) is 48.4 Å². The quantitative estimate of drug-likeness (QED) is 0.646. The van der Waals surface area contributed by atoms with Gasteiger partial charge < -0.3 is 14.5 Å². The Balaban J connectivity index is 1.26. The van der Waals surface area contributed by atoms with Crippen LogP contribution >= 0.6 is 0 Å². The molecule has 0 radical (unpaired) electrons. The highest BCUT2D eigenvalue weighted by atomic mass is 16.5. The SMILES string of the molecule is COc1cccc([C@H]2CCCN2C(=O)CC2CCN(C(=O)CC3CCCCC3)CC2)c1. The van der Waals surface area contributed by atoms with Crippen LogP contribution in [0.2, 0.25) is 0 Å². The molecule has 0 aromatic heterocycles. The normalized spacial score (nSPS) is 23.2. The summed E-state index contributed by atoms with van der Waals surface area (Å²) in [5.41, 5.74) is 1.17. The predicted octanol–water partition coefficient (Wildman–Crippen LogP) is 4.96. The minimum atomic E-state index is 0.166. The van der Waals surface area contributed by atoms with Crippen LogP contribution in [0.25, 0.3) is 0 Å². The van der Waals surface area contributed by atoms with Crippen molar-refractivity contribution in [3.05, 3.63) is 29.8 Å². The number of carbonyl (C=O) groups excluding carboxylic acids is 2. The largest absolute Gasteiger partial charge is 0.497 e. The van der Waals surface area contributed by atoms with Crippen molar-refractivity contribution in [3.63, 3.8) is 0 Å². The molecule has 1 aliphatic carbocycles. The lowest BCUT2D eigenvalue weighted by atomic mass is 9.86. The fraction of sp³-hybridized carbons (Fsp3) is 0.692. The second-order valence-electron chi connectivity index (χ2n) is 9.76. The summed E-state index contributed by atoms with van der Waals surface area (Å²) >= 11 is 0. The average Bonchev–Trinajstić information content (AvgIpc) is 3.30. The second kappa shape index (κ2) is 10.5. The van der Waals surface area contributed by atoms with E-state index in [-0.39, 0.29) is 11.9 Å². The Kier molecular flexibility index (Phi) is 7.52. The molecule has 2 heterocycles. The van der Waals surface area contributed by atoms with Gasteiger partial charge in [0.1, 0.15) is 5.75 Å². The molecule has 2 aliphatic heterocycles. The molecule has 1 atom stereocenters. The predicted molar refractivity (Wildman–Crippen MR) is 122 cm³/mol.